The Morgan fingerprint density at radius 1 is 1.09 bits per heavy atom. The lowest BCUT2D eigenvalue weighted by Crippen LogP contribution is -1.91. The van der Waals surface area contributed by atoms with E-state index in [1.807, 2.05) is 0 Å². The summed E-state index contributed by atoms with van der Waals surface area (Å²) < 4.78 is 4.53. The molecule has 11 heavy (non-hydrogen) atoms. The minimum Gasteiger partial charge on any atom is -0.468 e. The fraction of sp³-hybridized carbons (Fsp3) is 0.875. The Morgan fingerprint density at radius 2 is 1.73 bits per heavy atom. The number of alkyl halides is 1. The van der Waals surface area contributed by atoms with Gasteiger partial charge in [0.05, 0.1) is 6.61 Å². The van der Waals surface area contributed by atoms with E-state index in [-0.39, 0.29) is 0 Å². The number of hydrogen-bond acceptors (Lipinski definition) is 2. The molecule has 0 amide bonds. The Morgan fingerprint density at radius 3 is 2.36 bits per heavy atom. The molecule has 0 saturated heterocycles. The summed E-state index contributed by atoms with van der Waals surface area (Å²) in [4.78, 5) is 9.70. The van der Waals surface area contributed by atoms with E-state index >= 15 is 0 Å². The zero-order valence-electron chi connectivity index (χ0n) is 6.72. The maximum absolute atomic E-state index is 9.70. The molecule has 0 saturated carbocycles. The quantitative estimate of drug-likeness (QED) is 0.324. The van der Waals surface area contributed by atoms with Crippen molar-refractivity contribution in [2.75, 3.05) is 12.5 Å². The molecule has 0 radical (unpaired) electrons. The van der Waals surface area contributed by atoms with E-state index in [1.165, 1.54) is 12.8 Å². The number of halogens is 1. The van der Waals surface area contributed by atoms with Crippen molar-refractivity contribution >= 4 is 18.1 Å². The number of carbonyl (C=O) groups is 1. The Hall–Kier alpha value is -0.240. The predicted octanol–water partition coefficient (Wildman–Crippen LogP) is 2.35. The third-order valence-electron chi connectivity index (χ3n) is 1.46. The second kappa shape index (κ2) is 9.76. The average molecular weight is 179 g/mol. The van der Waals surface area contributed by atoms with Crippen molar-refractivity contribution in [3.8, 4) is 0 Å². The molecule has 0 rings (SSSR count). The van der Waals surface area contributed by atoms with Gasteiger partial charge < -0.3 is 4.74 Å². The second-order valence-electron chi connectivity index (χ2n) is 2.42. The molecule has 0 spiro atoms. The molecule has 3 heteroatoms. The first-order valence-electron chi connectivity index (χ1n) is 4.03. The highest BCUT2D eigenvalue weighted by Gasteiger charge is 1.89. The van der Waals surface area contributed by atoms with Crippen molar-refractivity contribution < 1.29 is 9.53 Å². The van der Waals surface area contributed by atoms with E-state index in [0.717, 1.165) is 25.1 Å². The lowest BCUT2D eigenvalue weighted by molar-refractivity contribution is -0.128. The highest BCUT2D eigenvalue weighted by Crippen LogP contribution is 2.03. The Kier molecular flexibility index (Phi) is 9.55. The van der Waals surface area contributed by atoms with E-state index in [2.05, 4.69) is 4.74 Å². The van der Waals surface area contributed by atoms with E-state index in [1.54, 1.807) is 0 Å². The summed E-state index contributed by atoms with van der Waals surface area (Å²) in [6, 6.07) is 0. The number of ether oxygens (including phenoxy) is 1. The van der Waals surface area contributed by atoms with Crippen LogP contribution in [0, 0.1) is 0 Å². The van der Waals surface area contributed by atoms with Crippen molar-refractivity contribution in [3.63, 3.8) is 0 Å². The molecule has 0 atom stereocenters. The zero-order valence-corrected chi connectivity index (χ0v) is 7.48. The summed E-state index contributed by atoms with van der Waals surface area (Å²) in [7, 11) is 0. The number of rotatable bonds is 8. The van der Waals surface area contributed by atoms with Gasteiger partial charge in [-0.25, -0.2) is 0 Å². The highest BCUT2D eigenvalue weighted by atomic mass is 35.5. The summed E-state index contributed by atoms with van der Waals surface area (Å²) in [6.07, 6.45) is 5.57. The maximum atomic E-state index is 9.70. The van der Waals surface area contributed by atoms with Crippen molar-refractivity contribution in [1.82, 2.24) is 0 Å². The van der Waals surface area contributed by atoms with Crippen LogP contribution in [0.25, 0.3) is 0 Å². The van der Waals surface area contributed by atoms with E-state index in [9.17, 15) is 4.79 Å². The Bertz CT molecular complexity index is 86.2. The van der Waals surface area contributed by atoms with Gasteiger partial charge in [0.2, 0.25) is 0 Å². The Labute approximate surface area is 72.9 Å². The van der Waals surface area contributed by atoms with E-state index in [0.29, 0.717) is 13.1 Å². The van der Waals surface area contributed by atoms with Crippen LogP contribution in [0.3, 0.4) is 0 Å². The summed E-state index contributed by atoms with van der Waals surface area (Å²) in [5.74, 6) is 0.755. The fourth-order valence-electron chi connectivity index (χ4n) is 0.858. The third-order valence-corrected chi connectivity index (χ3v) is 1.73. The molecule has 0 aliphatic rings. The first-order valence-corrected chi connectivity index (χ1v) is 4.56. The number of hydrogen-bond donors (Lipinski definition) is 0. The largest absolute Gasteiger partial charge is 0.468 e. The molecule has 2 nitrogen and oxygen atoms in total. The molecule has 0 N–H and O–H groups in total. The zero-order chi connectivity index (χ0) is 8.36. The monoisotopic (exact) mass is 178 g/mol. The van der Waals surface area contributed by atoms with Gasteiger partial charge in [0.15, 0.2) is 0 Å². The van der Waals surface area contributed by atoms with Gasteiger partial charge in [0, 0.05) is 5.88 Å². The van der Waals surface area contributed by atoms with Gasteiger partial charge in [-0.05, 0) is 12.8 Å². The molecule has 0 aromatic carbocycles. The lowest BCUT2D eigenvalue weighted by Gasteiger charge is -1.98. The SMILES string of the molecule is O=COCCCCCCCCl. The number of unbranched alkanes of at least 4 members (excludes halogenated alkanes) is 4. The Balaban J connectivity index is 2.74. The molecule has 0 bridgehead atoms. The lowest BCUT2D eigenvalue weighted by atomic mass is 10.2. The summed E-state index contributed by atoms with van der Waals surface area (Å²) in [5, 5.41) is 0. The third kappa shape index (κ3) is 9.76. The van der Waals surface area contributed by atoms with Gasteiger partial charge in [0.25, 0.3) is 6.47 Å². The van der Waals surface area contributed by atoms with Crippen LogP contribution in [0.4, 0.5) is 0 Å². The fourth-order valence-corrected chi connectivity index (χ4v) is 1.05. The van der Waals surface area contributed by atoms with Crippen LogP contribution < -0.4 is 0 Å². The van der Waals surface area contributed by atoms with Crippen molar-refractivity contribution in [2.45, 2.75) is 32.1 Å². The molecule has 0 aromatic rings. The normalized spacial score (nSPS) is 9.55. The molecule has 0 aromatic heterocycles. The minimum absolute atomic E-state index is 0.499. The topological polar surface area (TPSA) is 26.3 Å². The smallest absolute Gasteiger partial charge is 0.293 e. The van der Waals surface area contributed by atoms with Crippen LogP contribution >= 0.6 is 11.6 Å². The molecular weight excluding hydrogens is 164 g/mol. The van der Waals surface area contributed by atoms with Crippen molar-refractivity contribution in [3.05, 3.63) is 0 Å². The maximum Gasteiger partial charge on any atom is 0.293 e. The van der Waals surface area contributed by atoms with Gasteiger partial charge in [-0.1, -0.05) is 19.3 Å². The van der Waals surface area contributed by atoms with Crippen LogP contribution in [0.5, 0.6) is 0 Å². The van der Waals surface area contributed by atoms with Gasteiger partial charge in [-0.2, -0.15) is 0 Å². The standard InChI is InChI=1S/C8H15ClO2/c9-6-4-2-1-3-5-7-11-8-10/h8H,1-7H2. The first-order chi connectivity index (χ1) is 5.41. The second-order valence-corrected chi connectivity index (χ2v) is 2.80. The van der Waals surface area contributed by atoms with Crippen LogP contribution in [-0.4, -0.2) is 19.0 Å². The molecule has 66 valence electrons. The molecular formula is C8H15ClO2. The molecule has 0 aliphatic carbocycles. The van der Waals surface area contributed by atoms with Crippen LogP contribution in [-0.2, 0) is 9.53 Å². The summed E-state index contributed by atoms with van der Waals surface area (Å²) >= 11 is 5.49. The van der Waals surface area contributed by atoms with Gasteiger partial charge in [-0.3, -0.25) is 4.79 Å². The summed E-state index contributed by atoms with van der Waals surface area (Å²) in [5.41, 5.74) is 0. The van der Waals surface area contributed by atoms with Crippen LogP contribution in [0.15, 0.2) is 0 Å². The van der Waals surface area contributed by atoms with E-state index < -0.39 is 0 Å². The predicted molar refractivity (Wildman–Crippen MR) is 45.8 cm³/mol. The first kappa shape index (κ1) is 10.8. The van der Waals surface area contributed by atoms with Crippen LogP contribution in [0.2, 0.25) is 0 Å². The molecule has 0 unspecified atom stereocenters. The van der Waals surface area contributed by atoms with Crippen molar-refractivity contribution in [1.29, 1.82) is 0 Å². The van der Waals surface area contributed by atoms with Gasteiger partial charge in [0.1, 0.15) is 0 Å². The highest BCUT2D eigenvalue weighted by molar-refractivity contribution is 6.17. The molecule has 0 aliphatic heterocycles. The van der Waals surface area contributed by atoms with Gasteiger partial charge in [-0.15, -0.1) is 11.6 Å². The van der Waals surface area contributed by atoms with E-state index in [4.69, 9.17) is 11.6 Å². The molecule has 0 heterocycles. The average Bonchev–Trinajstić information content (AvgIpc) is 2.03. The van der Waals surface area contributed by atoms with Crippen molar-refractivity contribution in [2.24, 2.45) is 0 Å². The van der Waals surface area contributed by atoms with Crippen LogP contribution in [0.1, 0.15) is 32.1 Å². The summed E-state index contributed by atoms with van der Waals surface area (Å²) in [6.45, 7) is 1.06. The minimum atomic E-state index is 0.499. The van der Waals surface area contributed by atoms with Gasteiger partial charge >= 0.3 is 0 Å². The molecule has 0 fully saturated rings. The number of carbonyl (C=O) groups excluding carboxylic acids is 1.